The molecule has 118 valence electrons. The molecule has 0 unspecified atom stereocenters. The van der Waals surface area contributed by atoms with Gasteiger partial charge >= 0.3 is 0 Å². The summed E-state index contributed by atoms with van der Waals surface area (Å²) in [4.78, 5) is 20.1. The zero-order chi connectivity index (χ0) is 16.1. The van der Waals surface area contributed by atoms with Crippen LogP contribution in [-0.4, -0.2) is 35.4 Å². The molecule has 2 rings (SSSR count). The maximum absolute atomic E-state index is 12.9. The molecule has 0 atom stereocenters. The number of hydrogen-bond donors (Lipinski definition) is 1. The number of aryl methyl sites for hydroxylation is 1. The van der Waals surface area contributed by atoms with Gasteiger partial charge in [0, 0.05) is 19.6 Å². The van der Waals surface area contributed by atoms with E-state index in [1.54, 1.807) is 11.3 Å². The van der Waals surface area contributed by atoms with Crippen molar-refractivity contribution in [2.45, 2.75) is 20.8 Å². The number of nitrogens with two attached hydrogens (primary N) is 1. The Labute approximate surface area is 136 Å². The van der Waals surface area contributed by atoms with E-state index in [0.717, 1.165) is 15.4 Å². The minimum absolute atomic E-state index is 0.0256. The highest BCUT2D eigenvalue weighted by Crippen LogP contribution is 2.30. The lowest BCUT2D eigenvalue weighted by molar-refractivity contribution is 0.0737. The van der Waals surface area contributed by atoms with Crippen LogP contribution in [0.15, 0.2) is 30.3 Å². The van der Waals surface area contributed by atoms with Crippen LogP contribution in [0.2, 0.25) is 0 Å². The second-order valence-electron chi connectivity index (χ2n) is 5.71. The maximum atomic E-state index is 12.9. The third-order valence-electron chi connectivity index (χ3n) is 3.24. The third-order valence-corrected chi connectivity index (χ3v) is 4.26. The van der Waals surface area contributed by atoms with Crippen molar-refractivity contribution >= 4 is 17.2 Å². The van der Waals surface area contributed by atoms with E-state index in [2.05, 4.69) is 18.8 Å². The molecule has 0 saturated heterocycles. The van der Waals surface area contributed by atoms with E-state index in [-0.39, 0.29) is 5.91 Å². The lowest BCUT2D eigenvalue weighted by Gasteiger charge is -2.23. The zero-order valence-electron chi connectivity index (χ0n) is 13.4. The van der Waals surface area contributed by atoms with Crippen LogP contribution in [0.4, 0.5) is 0 Å². The molecule has 1 aromatic carbocycles. The van der Waals surface area contributed by atoms with Crippen molar-refractivity contribution in [1.82, 2.24) is 9.88 Å². The van der Waals surface area contributed by atoms with E-state index in [0.29, 0.717) is 31.2 Å². The van der Waals surface area contributed by atoms with Gasteiger partial charge in [0.15, 0.2) is 0 Å². The van der Waals surface area contributed by atoms with Crippen molar-refractivity contribution in [3.05, 3.63) is 41.0 Å². The molecule has 4 nitrogen and oxygen atoms in total. The van der Waals surface area contributed by atoms with Gasteiger partial charge in [0.1, 0.15) is 5.69 Å². The fourth-order valence-electron chi connectivity index (χ4n) is 2.38. The molecular weight excluding hydrogens is 294 g/mol. The number of hydrogen-bond acceptors (Lipinski definition) is 4. The third kappa shape index (κ3) is 3.93. The Hall–Kier alpha value is -1.72. The first kappa shape index (κ1) is 16.6. The summed E-state index contributed by atoms with van der Waals surface area (Å²) < 4.78 is 0. The monoisotopic (exact) mass is 317 g/mol. The number of benzene rings is 1. The van der Waals surface area contributed by atoms with Gasteiger partial charge in [0.05, 0.1) is 9.88 Å². The predicted molar refractivity (Wildman–Crippen MR) is 92.1 cm³/mol. The first-order valence-corrected chi connectivity index (χ1v) is 8.36. The molecule has 1 amide bonds. The molecule has 1 aromatic heterocycles. The highest BCUT2D eigenvalue weighted by molar-refractivity contribution is 7.15. The van der Waals surface area contributed by atoms with E-state index in [9.17, 15) is 4.79 Å². The van der Waals surface area contributed by atoms with Crippen molar-refractivity contribution in [3.8, 4) is 10.4 Å². The zero-order valence-corrected chi connectivity index (χ0v) is 14.2. The van der Waals surface area contributed by atoms with Crippen LogP contribution in [-0.2, 0) is 0 Å². The quantitative estimate of drug-likeness (QED) is 0.890. The Kier molecular flexibility index (Phi) is 5.69. The summed E-state index contributed by atoms with van der Waals surface area (Å²) in [5.41, 5.74) is 7.24. The topological polar surface area (TPSA) is 59.2 Å². The molecule has 0 aliphatic heterocycles. The molecule has 0 radical (unpaired) electrons. The number of aromatic nitrogens is 1. The second-order valence-corrected chi connectivity index (χ2v) is 6.91. The average Bonchev–Trinajstić information content (AvgIpc) is 2.88. The Morgan fingerprint density at radius 3 is 2.59 bits per heavy atom. The summed E-state index contributed by atoms with van der Waals surface area (Å²) in [5, 5.41) is 0.902. The normalized spacial score (nSPS) is 11.0. The first-order valence-electron chi connectivity index (χ1n) is 7.55. The number of rotatable bonds is 6. The van der Waals surface area contributed by atoms with Crippen LogP contribution in [0.25, 0.3) is 10.4 Å². The maximum Gasteiger partial charge on any atom is 0.274 e. The minimum Gasteiger partial charge on any atom is -0.336 e. The van der Waals surface area contributed by atoms with Gasteiger partial charge in [-0.05, 0) is 18.4 Å². The summed E-state index contributed by atoms with van der Waals surface area (Å²) in [6.45, 7) is 7.84. The van der Waals surface area contributed by atoms with Gasteiger partial charge in [-0.25, -0.2) is 4.98 Å². The SMILES string of the molecule is Cc1nc(C(=O)N(CCN)CC(C)C)c(-c2ccccc2)s1. The number of nitrogens with zero attached hydrogens (tertiary/aromatic N) is 2. The highest BCUT2D eigenvalue weighted by Gasteiger charge is 2.23. The number of thiazole rings is 1. The lowest BCUT2D eigenvalue weighted by Crippen LogP contribution is -2.38. The van der Waals surface area contributed by atoms with E-state index in [1.807, 2.05) is 42.2 Å². The molecule has 0 aliphatic carbocycles. The predicted octanol–water partition coefficient (Wildman–Crippen LogP) is 3.18. The lowest BCUT2D eigenvalue weighted by atomic mass is 10.1. The van der Waals surface area contributed by atoms with Crippen molar-refractivity contribution in [2.24, 2.45) is 11.7 Å². The number of carbonyl (C=O) groups excluding carboxylic acids is 1. The Morgan fingerprint density at radius 2 is 2.00 bits per heavy atom. The van der Waals surface area contributed by atoms with Gasteiger partial charge in [-0.15, -0.1) is 11.3 Å². The highest BCUT2D eigenvalue weighted by atomic mass is 32.1. The number of amides is 1. The Balaban J connectivity index is 2.37. The molecule has 0 bridgehead atoms. The van der Waals surface area contributed by atoms with Gasteiger partial charge in [-0.2, -0.15) is 0 Å². The van der Waals surface area contributed by atoms with Crippen LogP contribution in [0.1, 0.15) is 29.3 Å². The van der Waals surface area contributed by atoms with Crippen LogP contribution >= 0.6 is 11.3 Å². The molecule has 22 heavy (non-hydrogen) atoms. The van der Waals surface area contributed by atoms with Gasteiger partial charge in [-0.1, -0.05) is 44.2 Å². The van der Waals surface area contributed by atoms with E-state index >= 15 is 0 Å². The first-order chi connectivity index (χ1) is 10.5. The summed E-state index contributed by atoms with van der Waals surface area (Å²) >= 11 is 1.56. The summed E-state index contributed by atoms with van der Waals surface area (Å²) in [7, 11) is 0. The molecule has 0 saturated carbocycles. The van der Waals surface area contributed by atoms with Gasteiger partial charge in [0.25, 0.3) is 5.91 Å². The molecule has 0 fully saturated rings. The van der Waals surface area contributed by atoms with Crippen LogP contribution in [0.5, 0.6) is 0 Å². The molecule has 5 heteroatoms. The van der Waals surface area contributed by atoms with Crippen molar-refractivity contribution < 1.29 is 4.79 Å². The van der Waals surface area contributed by atoms with Gasteiger partial charge in [0.2, 0.25) is 0 Å². The summed E-state index contributed by atoms with van der Waals surface area (Å²) in [6.07, 6.45) is 0. The molecule has 0 spiro atoms. The molecule has 2 N–H and O–H groups in total. The van der Waals surface area contributed by atoms with Crippen LogP contribution in [0, 0.1) is 12.8 Å². The van der Waals surface area contributed by atoms with Gasteiger partial charge < -0.3 is 10.6 Å². The summed E-state index contributed by atoms with van der Waals surface area (Å²) in [5.74, 6) is 0.373. The van der Waals surface area contributed by atoms with Crippen molar-refractivity contribution in [3.63, 3.8) is 0 Å². The fraction of sp³-hybridized carbons (Fsp3) is 0.412. The van der Waals surface area contributed by atoms with Crippen LogP contribution in [0.3, 0.4) is 0 Å². The Bertz CT molecular complexity index is 622. The number of carbonyl (C=O) groups is 1. The Morgan fingerprint density at radius 1 is 1.32 bits per heavy atom. The largest absolute Gasteiger partial charge is 0.336 e. The summed E-state index contributed by atoms with van der Waals surface area (Å²) in [6, 6.07) is 9.95. The standard InChI is InChI=1S/C17H23N3OS/c1-12(2)11-20(10-9-18)17(21)15-16(22-13(3)19-15)14-7-5-4-6-8-14/h4-8,12H,9-11,18H2,1-3H3. The smallest absolute Gasteiger partial charge is 0.274 e. The molecule has 0 aliphatic rings. The second kappa shape index (κ2) is 7.51. The van der Waals surface area contributed by atoms with Gasteiger partial charge in [-0.3, -0.25) is 4.79 Å². The molecule has 1 heterocycles. The van der Waals surface area contributed by atoms with Crippen LogP contribution < -0.4 is 5.73 Å². The van der Waals surface area contributed by atoms with Crippen molar-refractivity contribution in [2.75, 3.05) is 19.6 Å². The fourth-order valence-corrected chi connectivity index (χ4v) is 3.30. The molecular formula is C17H23N3OS. The van der Waals surface area contributed by atoms with Crippen molar-refractivity contribution in [1.29, 1.82) is 0 Å². The van der Waals surface area contributed by atoms with E-state index in [1.165, 1.54) is 0 Å². The van der Waals surface area contributed by atoms with E-state index in [4.69, 9.17) is 5.73 Å². The van der Waals surface area contributed by atoms with E-state index < -0.39 is 0 Å². The average molecular weight is 317 g/mol. The molecule has 2 aromatic rings. The minimum atomic E-state index is -0.0256.